The molecule has 3 heterocycles. The van der Waals surface area contributed by atoms with Crippen LogP contribution in [-0.4, -0.2) is 136 Å². The number of halogens is 1. The van der Waals surface area contributed by atoms with E-state index in [9.17, 15) is 29.8 Å². The van der Waals surface area contributed by atoms with Crippen molar-refractivity contribution in [3.63, 3.8) is 0 Å². The van der Waals surface area contributed by atoms with E-state index in [-0.39, 0.29) is 56.5 Å². The van der Waals surface area contributed by atoms with Gasteiger partial charge in [-0.2, -0.15) is 0 Å². The molecular formula is C46H73FN4O12. The van der Waals surface area contributed by atoms with Gasteiger partial charge in [-0.15, -0.1) is 0 Å². The molecule has 3 aliphatic heterocycles. The molecule has 4 rings (SSSR count). The van der Waals surface area contributed by atoms with Crippen molar-refractivity contribution in [2.75, 3.05) is 41.6 Å². The second kappa shape index (κ2) is 24.3. The summed E-state index contributed by atoms with van der Waals surface area (Å²) in [6, 6.07) is -1.53. The lowest BCUT2D eigenvalue weighted by molar-refractivity contribution is -0.302. The molecule has 1 N–H and O–H groups in total. The Morgan fingerprint density at radius 3 is 2.32 bits per heavy atom. The van der Waals surface area contributed by atoms with Crippen LogP contribution < -0.4 is 0 Å². The number of carbonyl (C=O) groups excluding carboxylic acids is 4. The van der Waals surface area contributed by atoms with Crippen molar-refractivity contribution in [2.24, 2.45) is 34.7 Å². The number of aliphatic hydroxyl groups is 1. The number of alkyl halides is 1. The number of ether oxygens (including phenoxy) is 7. The highest BCUT2D eigenvalue weighted by molar-refractivity contribution is 6.39. The SMILES string of the molecule is CCC1C=C(C)C(F)C(C)CC(OC)C2OC(O)(C(=O)C(=O)N3CCCCC3C(=O)OC(C(C)=CC3CCC(N=[N+]=[N-])C(OCC(OC)OC)C3)C(C)CCC1=O)C(C)CC2OC. The molecule has 14 unspecified atom stereocenters. The first-order valence-corrected chi connectivity index (χ1v) is 22.7. The molecule has 1 saturated carbocycles. The van der Waals surface area contributed by atoms with Gasteiger partial charge in [0.2, 0.25) is 5.79 Å². The minimum absolute atomic E-state index is 0.0576. The van der Waals surface area contributed by atoms with Gasteiger partial charge >= 0.3 is 5.97 Å². The Labute approximate surface area is 372 Å². The predicted molar refractivity (Wildman–Crippen MR) is 231 cm³/mol. The van der Waals surface area contributed by atoms with Crippen LogP contribution in [-0.2, 0) is 52.3 Å². The second-order valence-electron chi connectivity index (χ2n) is 18.2. The molecule has 0 aromatic carbocycles. The summed E-state index contributed by atoms with van der Waals surface area (Å²) >= 11 is 0. The summed E-state index contributed by atoms with van der Waals surface area (Å²) < 4.78 is 57.2. The number of hydrogen-bond donors (Lipinski definition) is 1. The van der Waals surface area contributed by atoms with Crippen LogP contribution in [0.1, 0.15) is 112 Å². The third-order valence-corrected chi connectivity index (χ3v) is 13.8. The van der Waals surface area contributed by atoms with Crippen LogP contribution in [0.3, 0.4) is 0 Å². The van der Waals surface area contributed by atoms with Crippen molar-refractivity contribution < 1.29 is 61.8 Å². The fourth-order valence-corrected chi connectivity index (χ4v) is 9.86. The van der Waals surface area contributed by atoms with Gasteiger partial charge in [0.05, 0.1) is 31.0 Å². The maximum Gasteiger partial charge on any atom is 0.329 e. The number of rotatable bonds is 11. The normalized spacial score (nSPS) is 37.3. The number of nitrogens with zero attached hydrogens (tertiary/aromatic N) is 4. The summed E-state index contributed by atoms with van der Waals surface area (Å²) in [7, 11) is 5.91. The van der Waals surface area contributed by atoms with E-state index < -0.39 is 96.3 Å². The molecule has 0 spiro atoms. The first kappa shape index (κ1) is 52.3. The van der Waals surface area contributed by atoms with Crippen LogP contribution in [0.4, 0.5) is 4.39 Å². The maximum atomic E-state index is 16.3. The molecule has 14 atom stereocenters. The van der Waals surface area contributed by atoms with Crippen molar-refractivity contribution in [1.82, 2.24) is 4.90 Å². The van der Waals surface area contributed by atoms with Gasteiger partial charge in [-0.1, -0.05) is 45.0 Å². The van der Waals surface area contributed by atoms with Crippen LogP contribution in [0.5, 0.6) is 0 Å². The van der Waals surface area contributed by atoms with E-state index in [1.807, 2.05) is 26.8 Å². The fraction of sp³-hybridized carbons (Fsp3) is 0.826. The van der Waals surface area contributed by atoms with Crippen LogP contribution in [0.15, 0.2) is 28.4 Å². The Hall–Kier alpha value is -3.28. The van der Waals surface area contributed by atoms with E-state index >= 15 is 4.39 Å². The fourth-order valence-electron chi connectivity index (χ4n) is 9.86. The number of methoxy groups -OCH3 is 4. The highest BCUT2D eigenvalue weighted by Gasteiger charge is 2.56. The van der Waals surface area contributed by atoms with Crippen molar-refractivity contribution in [3.8, 4) is 0 Å². The van der Waals surface area contributed by atoms with Crippen molar-refractivity contribution >= 4 is 23.4 Å². The molecule has 2 saturated heterocycles. The molecule has 1 amide bonds. The maximum absolute atomic E-state index is 16.3. The lowest BCUT2D eigenvalue weighted by Gasteiger charge is -2.47. The zero-order chi connectivity index (χ0) is 46.6. The zero-order valence-electron chi connectivity index (χ0n) is 39.0. The molecule has 17 heteroatoms. The van der Waals surface area contributed by atoms with Crippen LogP contribution in [0, 0.1) is 29.6 Å². The smallest absolute Gasteiger partial charge is 0.329 e. The van der Waals surface area contributed by atoms with Gasteiger partial charge in [0.25, 0.3) is 11.7 Å². The molecule has 0 radical (unpaired) electrons. The van der Waals surface area contributed by atoms with Gasteiger partial charge in [0, 0.05) is 58.2 Å². The number of carbonyl (C=O) groups is 4. The van der Waals surface area contributed by atoms with E-state index in [0.717, 1.165) is 5.57 Å². The summed E-state index contributed by atoms with van der Waals surface area (Å²) in [5.41, 5.74) is 10.4. The van der Waals surface area contributed by atoms with E-state index in [2.05, 4.69) is 10.0 Å². The van der Waals surface area contributed by atoms with Gasteiger partial charge < -0.3 is 43.2 Å². The Kier molecular flexibility index (Phi) is 20.2. The summed E-state index contributed by atoms with van der Waals surface area (Å²) in [6.45, 7) is 10.8. The van der Waals surface area contributed by atoms with E-state index in [1.165, 1.54) is 33.3 Å². The largest absolute Gasteiger partial charge is 0.456 e. The lowest BCUT2D eigenvalue weighted by atomic mass is 9.81. The summed E-state index contributed by atoms with van der Waals surface area (Å²) in [5, 5.41) is 16.1. The highest BCUT2D eigenvalue weighted by atomic mass is 19.1. The summed E-state index contributed by atoms with van der Waals surface area (Å²) in [5.74, 6) is -8.15. The molecule has 0 aromatic heterocycles. The number of allylic oxidation sites excluding steroid dienone is 3. The van der Waals surface area contributed by atoms with Crippen molar-refractivity contribution in [2.45, 2.75) is 173 Å². The first-order valence-electron chi connectivity index (χ1n) is 22.7. The Morgan fingerprint density at radius 1 is 1.00 bits per heavy atom. The predicted octanol–water partition coefficient (Wildman–Crippen LogP) is 6.76. The number of esters is 1. The number of amides is 1. The van der Waals surface area contributed by atoms with Crippen molar-refractivity contribution in [1.29, 1.82) is 0 Å². The van der Waals surface area contributed by atoms with Crippen molar-refractivity contribution in [3.05, 3.63) is 33.7 Å². The van der Waals surface area contributed by atoms with Crippen LogP contribution in [0.25, 0.3) is 10.4 Å². The molecule has 63 heavy (non-hydrogen) atoms. The standard InChI is InChI=1S/C46H73FN4O12/c1-11-32-21-27(3)40(47)28(4)22-37(57-7)42-38(58-8)23-30(6)46(56,63-42)43(53)44(54)51-19-13-12-14-34(51)45(55)62-41(26(2)15-18-35(32)52)29(5)20-31-16-17-33(49-50-48)36(24-31)61-25-39(59-9)60-10/h20-21,26,28,30-34,36-42,56H,11-19,22-25H2,1-10H3. The van der Waals surface area contributed by atoms with Gasteiger partial charge in [0.15, 0.2) is 6.29 Å². The lowest BCUT2D eigenvalue weighted by Crippen LogP contribution is -2.64. The number of ketones is 2. The molecular weight excluding hydrogens is 820 g/mol. The van der Waals surface area contributed by atoms with E-state index in [4.69, 9.17) is 33.2 Å². The Bertz CT molecular complexity index is 1670. The third kappa shape index (κ3) is 13.0. The summed E-state index contributed by atoms with van der Waals surface area (Å²) in [6.07, 6.45) is 2.09. The van der Waals surface area contributed by atoms with Crippen LogP contribution in [0.2, 0.25) is 0 Å². The van der Waals surface area contributed by atoms with Gasteiger partial charge in [-0.05, 0) is 112 Å². The third-order valence-electron chi connectivity index (χ3n) is 13.8. The van der Waals surface area contributed by atoms with Gasteiger partial charge in [0.1, 0.15) is 30.2 Å². The Morgan fingerprint density at radius 2 is 1.68 bits per heavy atom. The second-order valence-corrected chi connectivity index (χ2v) is 18.2. The zero-order valence-corrected chi connectivity index (χ0v) is 39.0. The quantitative estimate of drug-likeness (QED) is 0.0435. The molecule has 0 aromatic rings. The molecule has 2 bridgehead atoms. The molecule has 1 aliphatic carbocycles. The minimum atomic E-state index is -2.59. The van der Waals surface area contributed by atoms with Crippen LogP contribution >= 0.6 is 0 Å². The van der Waals surface area contributed by atoms with E-state index in [1.54, 1.807) is 26.8 Å². The number of Topliss-reactive ketones (excluding diaryl/α,β-unsaturated/α-hetero) is 2. The van der Waals surface area contributed by atoms with E-state index in [0.29, 0.717) is 50.5 Å². The Balaban J connectivity index is 1.74. The highest BCUT2D eigenvalue weighted by Crippen LogP contribution is 2.40. The average Bonchev–Trinajstić information content (AvgIpc) is 3.28. The average molecular weight is 893 g/mol. The van der Waals surface area contributed by atoms with Gasteiger partial charge in [-0.3, -0.25) is 14.4 Å². The van der Waals surface area contributed by atoms with Gasteiger partial charge in [-0.25, -0.2) is 9.18 Å². The number of azide groups is 1. The number of cyclic esters (lactones) is 1. The summed E-state index contributed by atoms with van der Waals surface area (Å²) in [4.78, 5) is 61.1. The molecule has 356 valence electrons. The molecule has 16 nitrogen and oxygen atoms in total. The number of hydrogen-bond acceptors (Lipinski definition) is 13. The number of fused-ring (bicyclic) bond motifs is 3. The first-order chi connectivity index (χ1) is 30.0. The molecule has 3 fully saturated rings. The number of piperidine rings is 1. The monoisotopic (exact) mass is 893 g/mol. The molecule has 4 aliphatic rings. The topological polar surface area (TPSA) is 205 Å². The minimum Gasteiger partial charge on any atom is -0.456 e.